The van der Waals surface area contributed by atoms with Crippen molar-refractivity contribution >= 4 is 28.7 Å². The molecule has 0 amide bonds. The predicted octanol–water partition coefficient (Wildman–Crippen LogP) is 3.76. The van der Waals surface area contributed by atoms with Crippen LogP contribution < -0.4 is 15.5 Å². The van der Waals surface area contributed by atoms with Gasteiger partial charge in [0.2, 0.25) is 0 Å². The van der Waals surface area contributed by atoms with E-state index >= 15 is 0 Å². The molecule has 0 unspecified atom stereocenters. The Balaban J connectivity index is 1.83. The fourth-order valence-electron chi connectivity index (χ4n) is 2.46. The van der Waals surface area contributed by atoms with Gasteiger partial charge in [-0.05, 0) is 62.2 Å². The van der Waals surface area contributed by atoms with Crippen LogP contribution in [0.25, 0.3) is 0 Å². The summed E-state index contributed by atoms with van der Waals surface area (Å²) in [6, 6.07) is 8.58. The molecule has 0 saturated carbocycles. The second kappa shape index (κ2) is 8.10. The molecule has 2 rings (SSSR count). The Bertz CT molecular complexity index is 410. The van der Waals surface area contributed by atoms with Gasteiger partial charge in [-0.15, -0.1) is 0 Å². The average molecular weight is 291 g/mol. The van der Waals surface area contributed by atoms with Crippen LogP contribution in [0.3, 0.4) is 0 Å². The smallest absolute Gasteiger partial charge is 0.170 e. The van der Waals surface area contributed by atoms with E-state index in [1.54, 1.807) is 0 Å². The molecule has 0 atom stereocenters. The summed E-state index contributed by atoms with van der Waals surface area (Å²) in [4.78, 5) is 2.46. The first-order valence-electron chi connectivity index (χ1n) is 7.69. The zero-order valence-electron chi connectivity index (χ0n) is 12.3. The number of benzene rings is 1. The first-order chi connectivity index (χ1) is 9.79. The SMILES string of the molecule is CCCCNC(=S)Nc1ccc(N2CCCCC2)cc1. The number of nitrogens with one attached hydrogen (secondary N) is 2. The zero-order valence-corrected chi connectivity index (χ0v) is 13.1. The lowest BCUT2D eigenvalue weighted by Gasteiger charge is -2.28. The van der Waals surface area contributed by atoms with Gasteiger partial charge in [0.05, 0.1) is 0 Å². The molecule has 20 heavy (non-hydrogen) atoms. The molecule has 1 fully saturated rings. The lowest BCUT2D eigenvalue weighted by atomic mass is 10.1. The van der Waals surface area contributed by atoms with Gasteiger partial charge < -0.3 is 15.5 Å². The fraction of sp³-hybridized carbons (Fsp3) is 0.562. The maximum atomic E-state index is 5.27. The molecule has 1 aliphatic heterocycles. The lowest BCUT2D eigenvalue weighted by molar-refractivity contribution is 0.578. The number of piperidine rings is 1. The highest BCUT2D eigenvalue weighted by Gasteiger charge is 2.10. The minimum Gasteiger partial charge on any atom is -0.372 e. The molecule has 1 heterocycles. The maximum Gasteiger partial charge on any atom is 0.170 e. The predicted molar refractivity (Wildman–Crippen MR) is 91.6 cm³/mol. The third kappa shape index (κ3) is 4.67. The molecule has 4 heteroatoms. The number of nitrogens with zero attached hydrogens (tertiary/aromatic N) is 1. The van der Waals surface area contributed by atoms with Crippen LogP contribution in [0.15, 0.2) is 24.3 Å². The van der Waals surface area contributed by atoms with E-state index in [2.05, 4.69) is 46.7 Å². The van der Waals surface area contributed by atoms with Crippen LogP contribution in [0, 0.1) is 0 Å². The van der Waals surface area contributed by atoms with Gasteiger partial charge in [-0.2, -0.15) is 0 Å². The van der Waals surface area contributed by atoms with Crippen molar-refractivity contribution < 1.29 is 0 Å². The van der Waals surface area contributed by atoms with Crippen LogP contribution in [0.1, 0.15) is 39.0 Å². The molecule has 0 radical (unpaired) electrons. The molecular weight excluding hydrogens is 266 g/mol. The Kier molecular flexibility index (Phi) is 6.12. The minimum absolute atomic E-state index is 0.712. The Morgan fingerprint density at radius 1 is 1.15 bits per heavy atom. The molecule has 2 N–H and O–H groups in total. The van der Waals surface area contributed by atoms with Crippen molar-refractivity contribution in [1.82, 2.24) is 5.32 Å². The average Bonchev–Trinajstić information content (AvgIpc) is 2.49. The topological polar surface area (TPSA) is 27.3 Å². The van der Waals surface area contributed by atoms with E-state index in [-0.39, 0.29) is 0 Å². The molecule has 1 saturated heterocycles. The van der Waals surface area contributed by atoms with E-state index in [0.29, 0.717) is 5.11 Å². The number of thiocarbonyl (C=S) groups is 1. The van der Waals surface area contributed by atoms with Crippen LogP contribution in [0.5, 0.6) is 0 Å². The first-order valence-corrected chi connectivity index (χ1v) is 8.10. The second-order valence-electron chi connectivity index (χ2n) is 5.33. The summed E-state index contributed by atoms with van der Waals surface area (Å²) < 4.78 is 0. The third-order valence-electron chi connectivity index (χ3n) is 3.66. The van der Waals surface area contributed by atoms with Crippen molar-refractivity contribution in [3.05, 3.63) is 24.3 Å². The molecule has 3 nitrogen and oxygen atoms in total. The van der Waals surface area contributed by atoms with Crippen LogP contribution in [-0.2, 0) is 0 Å². The van der Waals surface area contributed by atoms with E-state index in [1.807, 2.05) is 0 Å². The Morgan fingerprint density at radius 2 is 1.85 bits per heavy atom. The Hall–Kier alpha value is -1.29. The van der Waals surface area contributed by atoms with Crippen LogP contribution >= 0.6 is 12.2 Å². The van der Waals surface area contributed by atoms with Crippen molar-refractivity contribution in [2.75, 3.05) is 29.9 Å². The summed E-state index contributed by atoms with van der Waals surface area (Å²) in [7, 11) is 0. The molecule has 1 aliphatic rings. The molecular formula is C16H25N3S. The number of hydrogen-bond donors (Lipinski definition) is 2. The van der Waals surface area contributed by atoms with E-state index in [4.69, 9.17) is 12.2 Å². The molecule has 1 aromatic carbocycles. The standard InChI is InChI=1S/C16H25N3S/c1-2-3-11-17-16(20)18-14-7-9-15(10-8-14)19-12-5-4-6-13-19/h7-10H,2-6,11-13H2,1H3,(H2,17,18,20). The first kappa shape index (κ1) is 15.1. The lowest BCUT2D eigenvalue weighted by Crippen LogP contribution is -2.30. The van der Waals surface area contributed by atoms with Crippen molar-refractivity contribution in [1.29, 1.82) is 0 Å². The summed E-state index contributed by atoms with van der Waals surface area (Å²) in [5, 5.41) is 7.16. The summed E-state index contributed by atoms with van der Waals surface area (Å²) in [6.45, 7) is 5.49. The Morgan fingerprint density at radius 3 is 2.50 bits per heavy atom. The van der Waals surface area contributed by atoms with Crippen molar-refractivity contribution in [2.24, 2.45) is 0 Å². The van der Waals surface area contributed by atoms with Gasteiger partial charge in [0, 0.05) is 31.0 Å². The van der Waals surface area contributed by atoms with Crippen LogP contribution in [0.2, 0.25) is 0 Å². The quantitative estimate of drug-likeness (QED) is 0.638. The highest BCUT2D eigenvalue weighted by Crippen LogP contribution is 2.21. The van der Waals surface area contributed by atoms with E-state index in [1.165, 1.54) is 44.5 Å². The van der Waals surface area contributed by atoms with Gasteiger partial charge in [0.25, 0.3) is 0 Å². The van der Waals surface area contributed by atoms with Crippen molar-refractivity contribution in [3.8, 4) is 0 Å². The third-order valence-corrected chi connectivity index (χ3v) is 3.91. The molecule has 0 spiro atoms. The summed E-state index contributed by atoms with van der Waals surface area (Å²) in [5.74, 6) is 0. The largest absolute Gasteiger partial charge is 0.372 e. The Labute approximate surface area is 127 Å². The maximum absolute atomic E-state index is 5.27. The van der Waals surface area contributed by atoms with E-state index < -0.39 is 0 Å². The van der Waals surface area contributed by atoms with Crippen LogP contribution in [-0.4, -0.2) is 24.7 Å². The number of rotatable bonds is 5. The minimum atomic E-state index is 0.712. The highest BCUT2D eigenvalue weighted by atomic mass is 32.1. The van der Waals surface area contributed by atoms with Crippen molar-refractivity contribution in [2.45, 2.75) is 39.0 Å². The molecule has 1 aromatic rings. The molecule has 0 aliphatic carbocycles. The normalized spacial score (nSPS) is 14.9. The van der Waals surface area contributed by atoms with Gasteiger partial charge in [0.1, 0.15) is 0 Å². The monoisotopic (exact) mass is 291 g/mol. The van der Waals surface area contributed by atoms with Crippen molar-refractivity contribution in [3.63, 3.8) is 0 Å². The highest BCUT2D eigenvalue weighted by molar-refractivity contribution is 7.80. The van der Waals surface area contributed by atoms with Gasteiger partial charge in [0.15, 0.2) is 5.11 Å². The van der Waals surface area contributed by atoms with Gasteiger partial charge in [-0.3, -0.25) is 0 Å². The van der Waals surface area contributed by atoms with Gasteiger partial charge in [-0.25, -0.2) is 0 Å². The van der Waals surface area contributed by atoms with E-state index in [9.17, 15) is 0 Å². The molecule has 110 valence electrons. The summed E-state index contributed by atoms with van der Waals surface area (Å²) >= 11 is 5.27. The van der Waals surface area contributed by atoms with Gasteiger partial charge >= 0.3 is 0 Å². The summed E-state index contributed by atoms with van der Waals surface area (Å²) in [6.07, 6.45) is 6.32. The number of unbranched alkanes of at least 4 members (excludes halogenated alkanes) is 1. The number of anilines is 2. The zero-order chi connectivity index (χ0) is 14.2. The second-order valence-corrected chi connectivity index (χ2v) is 5.74. The van der Waals surface area contributed by atoms with Crippen LogP contribution in [0.4, 0.5) is 11.4 Å². The molecule has 0 bridgehead atoms. The fourth-order valence-corrected chi connectivity index (χ4v) is 2.68. The summed E-state index contributed by atoms with van der Waals surface area (Å²) in [5.41, 5.74) is 2.37. The molecule has 0 aromatic heterocycles. The number of hydrogen-bond acceptors (Lipinski definition) is 2. The van der Waals surface area contributed by atoms with E-state index in [0.717, 1.165) is 18.7 Å². The van der Waals surface area contributed by atoms with Gasteiger partial charge in [-0.1, -0.05) is 13.3 Å².